The lowest BCUT2D eigenvalue weighted by Gasteiger charge is -2.25. The average molecular weight is 491 g/mol. The Hall–Kier alpha value is -4.53. The Bertz CT molecular complexity index is 1280. The number of carbonyl (C=O) groups is 3. The van der Waals surface area contributed by atoms with Gasteiger partial charge in [-0.25, -0.2) is 4.79 Å². The molecule has 0 spiro atoms. The number of para-hydroxylation sites is 1. The van der Waals surface area contributed by atoms with E-state index < -0.39 is 17.8 Å². The van der Waals surface area contributed by atoms with Crippen LogP contribution in [-0.4, -0.2) is 43.1 Å². The van der Waals surface area contributed by atoms with Gasteiger partial charge < -0.3 is 18.6 Å². The van der Waals surface area contributed by atoms with Gasteiger partial charge in [0.15, 0.2) is 11.5 Å². The van der Waals surface area contributed by atoms with E-state index >= 15 is 0 Å². The van der Waals surface area contributed by atoms with Crippen molar-refractivity contribution in [3.05, 3.63) is 83.3 Å². The highest BCUT2D eigenvalue weighted by atomic mass is 16.5. The number of imide groups is 2. The Labute approximate surface area is 208 Å². The van der Waals surface area contributed by atoms with Crippen LogP contribution < -0.4 is 19.5 Å². The Balaban J connectivity index is 1.40. The number of rotatable bonds is 10. The van der Waals surface area contributed by atoms with Crippen molar-refractivity contribution in [2.45, 2.75) is 19.9 Å². The van der Waals surface area contributed by atoms with Crippen molar-refractivity contribution in [3.63, 3.8) is 0 Å². The minimum Gasteiger partial charge on any atom is -0.493 e. The molecule has 2 aromatic carbocycles. The average Bonchev–Trinajstić information content (AvgIpc) is 3.39. The summed E-state index contributed by atoms with van der Waals surface area (Å²) in [6, 6.07) is 15.3. The molecule has 1 aliphatic heterocycles. The Morgan fingerprint density at radius 1 is 0.944 bits per heavy atom. The third kappa shape index (κ3) is 5.75. The highest BCUT2D eigenvalue weighted by Crippen LogP contribution is 2.30. The molecule has 1 aromatic heterocycles. The van der Waals surface area contributed by atoms with Gasteiger partial charge in [0.25, 0.3) is 11.8 Å². The molecule has 2 heterocycles. The number of nitrogens with one attached hydrogen (secondary N) is 1. The summed E-state index contributed by atoms with van der Waals surface area (Å²) in [7, 11) is 1.50. The van der Waals surface area contributed by atoms with Gasteiger partial charge >= 0.3 is 6.03 Å². The number of hydrogen-bond acceptors (Lipinski definition) is 7. The first-order valence-electron chi connectivity index (χ1n) is 11.4. The molecule has 9 heteroatoms. The number of carbonyl (C=O) groups excluding carboxylic acids is 3. The van der Waals surface area contributed by atoms with Gasteiger partial charge in [0.05, 0.1) is 33.1 Å². The topological polar surface area (TPSA) is 107 Å². The molecule has 1 saturated heterocycles. The van der Waals surface area contributed by atoms with Gasteiger partial charge in [-0.05, 0) is 54.5 Å². The van der Waals surface area contributed by atoms with E-state index in [1.165, 1.54) is 19.4 Å². The van der Waals surface area contributed by atoms with Gasteiger partial charge in [-0.15, -0.1) is 0 Å². The van der Waals surface area contributed by atoms with E-state index in [2.05, 4.69) is 5.32 Å². The van der Waals surface area contributed by atoms with Crippen LogP contribution in [0.4, 0.5) is 4.79 Å². The van der Waals surface area contributed by atoms with Crippen LogP contribution in [-0.2, 0) is 16.1 Å². The van der Waals surface area contributed by atoms with Crippen molar-refractivity contribution in [3.8, 4) is 17.2 Å². The summed E-state index contributed by atoms with van der Waals surface area (Å²) in [5.74, 6) is 0.737. The van der Waals surface area contributed by atoms with Crippen LogP contribution in [0.25, 0.3) is 6.08 Å². The van der Waals surface area contributed by atoms with Gasteiger partial charge in [-0.2, -0.15) is 0 Å². The van der Waals surface area contributed by atoms with Crippen LogP contribution in [0.2, 0.25) is 0 Å². The van der Waals surface area contributed by atoms with Gasteiger partial charge in [0, 0.05) is 6.42 Å². The lowest BCUT2D eigenvalue weighted by molar-refractivity contribution is -0.130. The number of amides is 4. The van der Waals surface area contributed by atoms with Gasteiger partial charge in [-0.1, -0.05) is 24.3 Å². The molecule has 1 N–H and O–H groups in total. The van der Waals surface area contributed by atoms with E-state index in [1.54, 1.807) is 30.3 Å². The van der Waals surface area contributed by atoms with Gasteiger partial charge in [-0.3, -0.25) is 19.8 Å². The molecular formula is C27H26N2O7. The molecule has 4 amide bonds. The van der Waals surface area contributed by atoms with Crippen LogP contribution in [0.15, 0.2) is 70.9 Å². The number of furan rings is 1. The van der Waals surface area contributed by atoms with Crippen LogP contribution >= 0.6 is 0 Å². The number of ether oxygens (including phenoxy) is 3. The van der Waals surface area contributed by atoms with E-state index in [0.29, 0.717) is 42.5 Å². The first-order valence-corrected chi connectivity index (χ1v) is 11.4. The third-order valence-corrected chi connectivity index (χ3v) is 5.48. The molecule has 0 radical (unpaired) electrons. The molecule has 1 aliphatic rings. The zero-order valence-corrected chi connectivity index (χ0v) is 20.0. The fourth-order valence-corrected chi connectivity index (χ4v) is 3.60. The van der Waals surface area contributed by atoms with E-state index in [1.807, 2.05) is 31.2 Å². The van der Waals surface area contributed by atoms with E-state index in [4.69, 9.17) is 18.6 Å². The second-order valence-electron chi connectivity index (χ2n) is 8.01. The van der Waals surface area contributed by atoms with Crippen molar-refractivity contribution in [2.75, 3.05) is 20.3 Å². The Morgan fingerprint density at radius 3 is 2.44 bits per heavy atom. The smallest absolute Gasteiger partial charge is 0.331 e. The fraction of sp³-hybridized carbons (Fsp3) is 0.222. The zero-order chi connectivity index (χ0) is 25.5. The monoisotopic (exact) mass is 490 g/mol. The second-order valence-corrected chi connectivity index (χ2v) is 8.01. The number of barbiturate groups is 1. The quantitative estimate of drug-likeness (QED) is 0.259. The number of hydrogen-bond donors (Lipinski definition) is 1. The molecule has 3 aromatic rings. The molecule has 0 aliphatic carbocycles. The summed E-state index contributed by atoms with van der Waals surface area (Å²) >= 11 is 0. The van der Waals surface area contributed by atoms with Gasteiger partial charge in [0.2, 0.25) is 0 Å². The molecule has 0 unspecified atom stereocenters. The summed E-state index contributed by atoms with van der Waals surface area (Å²) in [6.07, 6.45) is 3.51. The van der Waals surface area contributed by atoms with Crippen LogP contribution in [0.3, 0.4) is 0 Å². The molecule has 1 fully saturated rings. The van der Waals surface area contributed by atoms with E-state index in [0.717, 1.165) is 16.2 Å². The number of aryl methyl sites for hydroxylation is 1. The lowest BCUT2D eigenvalue weighted by atomic mass is 10.1. The molecule has 0 saturated carbocycles. The van der Waals surface area contributed by atoms with Crippen molar-refractivity contribution in [1.29, 1.82) is 0 Å². The van der Waals surface area contributed by atoms with Crippen molar-refractivity contribution >= 4 is 23.9 Å². The first kappa shape index (κ1) is 24.6. The maximum Gasteiger partial charge on any atom is 0.331 e. The summed E-state index contributed by atoms with van der Waals surface area (Å²) < 4.78 is 22.3. The molecule has 36 heavy (non-hydrogen) atoms. The van der Waals surface area contributed by atoms with Crippen molar-refractivity contribution in [2.24, 2.45) is 0 Å². The minimum atomic E-state index is -0.800. The highest BCUT2D eigenvalue weighted by molar-refractivity contribution is 6.30. The predicted octanol–water partition coefficient (Wildman–Crippen LogP) is 4.11. The molecule has 4 rings (SSSR count). The SMILES string of the molecule is COc1cc(C=C2C(=O)NC(=O)N(Cc3ccco3)C2=O)ccc1OCCCOc1ccccc1C. The standard InChI is InChI=1S/C27H26N2O7/c1-18-7-3-4-9-22(18)35-13-6-14-36-23-11-10-19(16-24(23)33-2)15-21-25(30)28-27(32)29(26(21)31)17-20-8-5-12-34-20/h3-5,7-12,15-16H,6,13-14,17H2,1-2H3,(H,28,30,32). The highest BCUT2D eigenvalue weighted by Gasteiger charge is 2.36. The second kappa shape index (κ2) is 11.3. The first-order chi connectivity index (χ1) is 17.5. The van der Waals surface area contributed by atoms with Crippen LogP contribution in [0.1, 0.15) is 23.3 Å². The Morgan fingerprint density at radius 2 is 1.72 bits per heavy atom. The van der Waals surface area contributed by atoms with Crippen LogP contribution in [0, 0.1) is 6.92 Å². The molecular weight excluding hydrogens is 464 g/mol. The summed E-state index contributed by atoms with van der Waals surface area (Å²) in [5.41, 5.74) is 1.43. The van der Waals surface area contributed by atoms with Crippen LogP contribution in [0.5, 0.6) is 17.2 Å². The molecule has 0 bridgehead atoms. The van der Waals surface area contributed by atoms with E-state index in [-0.39, 0.29) is 12.1 Å². The summed E-state index contributed by atoms with van der Waals surface area (Å²) in [5, 5.41) is 2.19. The number of nitrogens with zero attached hydrogens (tertiary/aromatic N) is 1. The lowest BCUT2D eigenvalue weighted by Crippen LogP contribution is -2.53. The normalized spacial score (nSPS) is 14.7. The molecule has 9 nitrogen and oxygen atoms in total. The summed E-state index contributed by atoms with van der Waals surface area (Å²) in [6.45, 7) is 2.81. The maximum absolute atomic E-state index is 12.9. The summed E-state index contributed by atoms with van der Waals surface area (Å²) in [4.78, 5) is 38.4. The van der Waals surface area contributed by atoms with Crippen molar-refractivity contribution < 1.29 is 33.0 Å². The zero-order valence-electron chi connectivity index (χ0n) is 20.0. The Kier molecular flexibility index (Phi) is 7.69. The fourth-order valence-electron chi connectivity index (χ4n) is 3.60. The maximum atomic E-state index is 12.9. The third-order valence-electron chi connectivity index (χ3n) is 5.48. The molecule has 186 valence electrons. The largest absolute Gasteiger partial charge is 0.493 e. The van der Waals surface area contributed by atoms with E-state index in [9.17, 15) is 14.4 Å². The molecule has 0 atom stereocenters. The predicted molar refractivity (Wildman–Crippen MR) is 131 cm³/mol. The minimum absolute atomic E-state index is 0.0913. The number of urea groups is 1. The number of benzene rings is 2. The van der Waals surface area contributed by atoms with Gasteiger partial charge in [0.1, 0.15) is 17.1 Å². The van der Waals surface area contributed by atoms with Crippen molar-refractivity contribution in [1.82, 2.24) is 10.2 Å². The number of methoxy groups -OCH3 is 1.